The van der Waals surface area contributed by atoms with E-state index in [2.05, 4.69) is 16.0 Å². The highest BCUT2D eigenvalue weighted by Crippen LogP contribution is 2.32. The summed E-state index contributed by atoms with van der Waals surface area (Å²) in [5.74, 6) is 1.90. The third-order valence-electron chi connectivity index (χ3n) is 7.74. The van der Waals surface area contributed by atoms with Crippen molar-refractivity contribution in [3.8, 4) is 0 Å². The van der Waals surface area contributed by atoms with Gasteiger partial charge in [-0.1, -0.05) is 41.4 Å². The molecule has 36 heavy (non-hydrogen) atoms. The number of benzene rings is 2. The lowest BCUT2D eigenvalue weighted by molar-refractivity contribution is -0.127. The number of imidazole rings is 1. The van der Waals surface area contributed by atoms with Crippen molar-refractivity contribution < 1.29 is 9.90 Å². The normalized spacial score (nSPS) is 19.4. The van der Waals surface area contributed by atoms with E-state index in [1.54, 1.807) is 24.3 Å². The Balaban J connectivity index is 1.12. The Hall–Kier alpha value is -2.38. The van der Waals surface area contributed by atoms with Gasteiger partial charge in [-0.05, 0) is 80.6 Å². The van der Waals surface area contributed by atoms with Crippen LogP contribution in [-0.2, 0) is 4.79 Å². The summed E-state index contributed by atoms with van der Waals surface area (Å²) in [6.45, 7) is 3.49. The molecule has 2 aromatic carbocycles. The largest absolute Gasteiger partial charge is 0.395 e. The molecule has 2 aliphatic rings. The molecule has 1 unspecified atom stereocenters. The first-order chi connectivity index (χ1) is 17.5. The van der Waals surface area contributed by atoms with Gasteiger partial charge >= 0.3 is 0 Å². The number of aliphatic hydroxyl groups is 1. The number of aliphatic hydroxyl groups excluding tert-OH is 1. The van der Waals surface area contributed by atoms with Gasteiger partial charge in [0.2, 0.25) is 5.91 Å². The Kier molecular flexibility index (Phi) is 7.96. The van der Waals surface area contributed by atoms with Crippen molar-refractivity contribution in [1.29, 1.82) is 0 Å². The monoisotopic (exact) mass is 526 g/mol. The molecular formula is C28H32Cl2N4O2. The number of aromatic amines is 1. The smallest absolute Gasteiger partial charge is 0.246 e. The van der Waals surface area contributed by atoms with Crippen LogP contribution in [0.3, 0.4) is 0 Å². The predicted octanol–water partition coefficient (Wildman–Crippen LogP) is 5.36. The van der Waals surface area contributed by atoms with E-state index in [0.717, 1.165) is 61.2 Å². The average Bonchev–Trinajstić information content (AvgIpc) is 3.35. The molecule has 190 valence electrons. The number of amides is 1. The van der Waals surface area contributed by atoms with E-state index >= 15 is 0 Å². The zero-order valence-corrected chi connectivity index (χ0v) is 21.8. The summed E-state index contributed by atoms with van der Waals surface area (Å²) in [5, 5.41) is 11.2. The molecule has 3 heterocycles. The maximum Gasteiger partial charge on any atom is 0.246 e. The molecule has 5 rings (SSSR count). The SMILES string of the molecule is O=C(C=Cc1ccc(Cl)c(Cl)c1)N1CCC(C(CO)N2CCC(c3nc4ccccc4[nH]3)CC2)CC1. The van der Waals surface area contributed by atoms with Gasteiger partial charge in [0.15, 0.2) is 0 Å². The molecule has 1 amide bonds. The van der Waals surface area contributed by atoms with Gasteiger partial charge in [-0.3, -0.25) is 9.69 Å². The Morgan fingerprint density at radius 1 is 1.06 bits per heavy atom. The number of nitrogens with zero attached hydrogens (tertiary/aromatic N) is 3. The van der Waals surface area contributed by atoms with Crippen molar-refractivity contribution in [2.24, 2.45) is 5.92 Å². The van der Waals surface area contributed by atoms with Gasteiger partial charge < -0.3 is 15.0 Å². The van der Waals surface area contributed by atoms with Gasteiger partial charge in [0.1, 0.15) is 5.82 Å². The summed E-state index contributed by atoms with van der Waals surface area (Å²) in [6, 6.07) is 13.6. The predicted molar refractivity (Wildman–Crippen MR) is 145 cm³/mol. The standard InChI is InChI=1S/C28H32Cl2N4O2/c29-22-7-5-19(17-23(22)30)6-8-27(36)34-15-9-20(10-16-34)26(18-35)33-13-11-21(12-14-33)28-31-24-3-1-2-4-25(24)32-28/h1-8,17,20-21,26,35H,9-16,18H2,(H,31,32). The van der Waals surface area contributed by atoms with Crippen molar-refractivity contribution in [3.63, 3.8) is 0 Å². The number of fused-ring (bicyclic) bond motifs is 1. The van der Waals surface area contributed by atoms with Gasteiger partial charge in [-0.15, -0.1) is 0 Å². The minimum absolute atomic E-state index is 0.00622. The number of nitrogens with one attached hydrogen (secondary N) is 1. The van der Waals surface area contributed by atoms with Crippen LogP contribution in [0.2, 0.25) is 10.0 Å². The average molecular weight is 527 g/mol. The number of aromatic nitrogens is 2. The number of piperidine rings is 2. The molecule has 0 radical (unpaired) electrons. The van der Waals surface area contributed by atoms with Crippen LogP contribution >= 0.6 is 23.2 Å². The minimum atomic E-state index is 0.00622. The molecule has 0 bridgehead atoms. The van der Waals surface area contributed by atoms with Crippen LogP contribution in [-0.4, -0.2) is 69.6 Å². The lowest BCUT2D eigenvalue weighted by Crippen LogP contribution is -2.50. The first-order valence-electron chi connectivity index (χ1n) is 12.7. The van der Waals surface area contributed by atoms with E-state index in [0.29, 0.717) is 35.0 Å². The molecule has 2 N–H and O–H groups in total. The molecule has 0 aliphatic carbocycles. The van der Waals surface area contributed by atoms with E-state index in [9.17, 15) is 9.90 Å². The molecule has 2 aliphatic heterocycles. The molecule has 1 atom stereocenters. The number of rotatable bonds is 6. The Bertz CT molecular complexity index is 1190. The molecule has 2 saturated heterocycles. The topological polar surface area (TPSA) is 72.5 Å². The van der Waals surface area contributed by atoms with E-state index in [4.69, 9.17) is 28.2 Å². The molecule has 2 fully saturated rings. The van der Waals surface area contributed by atoms with Crippen LogP contribution in [0.4, 0.5) is 0 Å². The molecule has 8 heteroatoms. The summed E-state index contributed by atoms with van der Waals surface area (Å²) < 4.78 is 0. The molecule has 0 spiro atoms. The molecular weight excluding hydrogens is 495 g/mol. The Morgan fingerprint density at radius 3 is 2.50 bits per heavy atom. The van der Waals surface area contributed by atoms with Crippen molar-refractivity contribution in [2.45, 2.75) is 37.6 Å². The second kappa shape index (κ2) is 11.3. The first-order valence-corrected chi connectivity index (χ1v) is 13.5. The first kappa shape index (κ1) is 25.3. The number of hydrogen-bond donors (Lipinski definition) is 2. The highest BCUT2D eigenvalue weighted by Gasteiger charge is 2.34. The van der Waals surface area contributed by atoms with Crippen molar-refractivity contribution in [1.82, 2.24) is 19.8 Å². The summed E-state index contributed by atoms with van der Waals surface area (Å²) in [7, 11) is 0. The fraction of sp³-hybridized carbons (Fsp3) is 0.429. The highest BCUT2D eigenvalue weighted by molar-refractivity contribution is 6.42. The number of carbonyl (C=O) groups excluding carboxylic acids is 1. The Labute approximate surface area is 221 Å². The number of halogens is 2. The number of hydrogen-bond acceptors (Lipinski definition) is 4. The van der Waals surface area contributed by atoms with E-state index < -0.39 is 0 Å². The van der Waals surface area contributed by atoms with Crippen LogP contribution in [0.5, 0.6) is 0 Å². The molecule has 1 aromatic heterocycles. The van der Waals surface area contributed by atoms with Gasteiger partial charge in [0.25, 0.3) is 0 Å². The lowest BCUT2D eigenvalue weighted by atomic mass is 9.86. The van der Waals surface area contributed by atoms with E-state index in [1.807, 2.05) is 29.2 Å². The lowest BCUT2D eigenvalue weighted by Gasteiger charge is -2.43. The fourth-order valence-corrected chi connectivity index (χ4v) is 5.93. The molecule has 0 saturated carbocycles. The van der Waals surface area contributed by atoms with Crippen LogP contribution in [0.25, 0.3) is 17.1 Å². The van der Waals surface area contributed by atoms with Crippen LogP contribution < -0.4 is 0 Å². The van der Waals surface area contributed by atoms with Gasteiger partial charge in [-0.2, -0.15) is 0 Å². The van der Waals surface area contributed by atoms with Gasteiger partial charge in [0.05, 0.1) is 27.7 Å². The third kappa shape index (κ3) is 5.62. The van der Waals surface area contributed by atoms with Crippen LogP contribution in [0.1, 0.15) is 43.0 Å². The summed E-state index contributed by atoms with van der Waals surface area (Å²) in [5.41, 5.74) is 2.96. The minimum Gasteiger partial charge on any atom is -0.395 e. The zero-order chi connectivity index (χ0) is 25.1. The van der Waals surface area contributed by atoms with Gasteiger partial charge in [-0.25, -0.2) is 4.98 Å². The maximum absolute atomic E-state index is 12.7. The second-order valence-electron chi connectivity index (χ2n) is 9.87. The zero-order valence-electron chi connectivity index (χ0n) is 20.2. The van der Waals surface area contributed by atoms with Crippen molar-refractivity contribution >= 4 is 46.2 Å². The fourth-order valence-electron chi connectivity index (χ4n) is 5.63. The number of carbonyl (C=O) groups is 1. The summed E-state index contributed by atoms with van der Waals surface area (Å²) >= 11 is 12.0. The Morgan fingerprint density at radius 2 is 1.81 bits per heavy atom. The molecule has 3 aromatic rings. The maximum atomic E-state index is 12.7. The van der Waals surface area contributed by atoms with Gasteiger partial charge in [0, 0.05) is 31.1 Å². The third-order valence-corrected chi connectivity index (χ3v) is 8.48. The quantitative estimate of drug-likeness (QED) is 0.424. The number of para-hydroxylation sites is 2. The van der Waals surface area contributed by atoms with E-state index in [1.165, 1.54) is 0 Å². The molecule has 6 nitrogen and oxygen atoms in total. The highest BCUT2D eigenvalue weighted by atomic mass is 35.5. The summed E-state index contributed by atoms with van der Waals surface area (Å²) in [4.78, 5) is 25.4. The summed E-state index contributed by atoms with van der Waals surface area (Å²) in [6.07, 6.45) is 7.26. The number of likely N-dealkylation sites (tertiary alicyclic amines) is 2. The van der Waals surface area contributed by atoms with Crippen molar-refractivity contribution in [3.05, 3.63) is 70.0 Å². The van der Waals surface area contributed by atoms with Crippen LogP contribution in [0.15, 0.2) is 48.5 Å². The van der Waals surface area contributed by atoms with E-state index in [-0.39, 0.29) is 18.6 Å². The van der Waals surface area contributed by atoms with Crippen LogP contribution in [0, 0.1) is 5.92 Å². The van der Waals surface area contributed by atoms with Crippen molar-refractivity contribution in [2.75, 3.05) is 32.8 Å². The second-order valence-corrected chi connectivity index (χ2v) is 10.7. The number of H-pyrrole nitrogens is 1.